The van der Waals surface area contributed by atoms with Crippen LogP contribution < -0.4 is 0 Å². The summed E-state index contributed by atoms with van der Waals surface area (Å²) in [6.07, 6.45) is 0. The van der Waals surface area contributed by atoms with Gasteiger partial charge in [0.25, 0.3) is 0 Å². The van der Waals surface area contributed by atoms with Gasteiger partial charge in [0.1, 0.15) is 5.82 Å². The summed E-state index contributed by atoms with van der Waals surface area (Å²) in [4.78, 5) is 20.2. The number of thiophene rings is 2. The van der Waals surface area contributed by atoms with E-state index in [9.17, 15) is 0 Å². The minimum absolute atomic E-state index is 0.646. The van der Waals surface area contributed by atoms with Gasteiger partial charge in [-0.2, -0.15) is 0 Å². The normalized spacial score (nSPS) is 11.7. The van der Waals surface area contributed by atoms with Gasteiger partial charge in [0.05, 0.1) is 11.0 Å². The smallest absolute Gasteiger partial charge is 0.164 e. The standard InChI is InChI=1S/C58H35N5S2/c1-3-12-38(13-4-1)55-60-56(62-57(61-55)42-30-32-46-45-16-7-10-21-51(45)64-53(46)35-42)39-26-24-37(25-27-39)44-17-11-18-47-48-34-41(31-33-52(48)65-54(44)47)36-22-28-40(29-23-36)58-59-49-19-8-9-20-50(49)63(58)43-14-5-2-6-15-43/h1-35H. The lowest BCUT2D eigenvalue weighted by Crippen LogP contribution is -2.00. The van der Waals surface area contributed by atoms with Crippen molar-refractivity contribution in [2.24, 2.45) is 0 Å². The minimum atomic E-state index is 0.646. The molecule has 0 aliphatic carbocycles. The summed E-state index contributed by atoms with van der Waals surface area (Å²) in [5.41, 5.74) is 11.8. The third-order valence-electron chi connectivity index (χ3n) is 12.3. The quantitative estimate of drug-likeness (QED) is 0.160. The second-order valence-electron chi connectivity index (χ2n) is 16.2. The summed E-state index contributed by atoms with van der Waals surface area (Å²) in [7, 11) is 0. The van der Waals surface area contributed by atoms with Crippen LogP contribution in [0.3, 0.4) is 0 Å². The number of fused-ring (bicyclic) bond motifs is 7. The van der Waals surface area contributed by atoms with Gasteiger partial charge in [0, 0.05) is 68.3 Å². The molecule has 4 aromatic heterocycles. The molecule has 0 aliphatic heterocycles. The summed E-state index contributed by atoms with van der Waals surface area (Å²) in [6, 6.07) is 75.1. The zero-order chi connectivity index (χ0) is 42.8. The Morgan fingerprint density at radius 2 is 0.908 bits per heavy atom. The van der Waals surface area contributed by atoms with Crippen molar-refractivity contribution < 1.29 is 0 Å². The SMILES string of the molecule is c1ccc(-c2nc(-c3ccc(-c4cccc5c4sc4ccc(-c6ccc(-c7nc8ccccc8n7-c7ccccc7)cc6)cc45)cc3)nc(-c3ccc4c(c3)sc3ccccc34)n2)cc1. The molecule has 0 amide bonds. The van der Waals surface area contributed by atoms with Crippen LogP contribution in [0.5, 0.6) is 0 Å². The fourth-order valence-electron chi connectivity index (χ4n) is 9.09. The number of para-hydroxylation sites is 3. The maximum absolute atomic E-state index is 5.10. The van der Waals surface area contributed by atoms with Crippen molar-refractivity contribution in [3.05, 3.63) is 212 Å². The van der Waals surface area contributed by atoms with Crippen LogP contribution in [0.1, 0.15) is 0 Å². The molecular weight excluding hydrogens is 831 g/mol. The van der Waals surface area contributed by atoms with E-state index in [0.717, 1.165) is 50.4 Å². The Balaban J connectivity index is 0.834. The number of benzene rings is 9. The number of nitrogens with zero attached hydrogens (tertiary/aromatic N) is 5. The Bertz CT molecular complexity index is 3930. The van der Waals surface area contributed by atoms with Crippen LogP contribution in [0.2, 0.25) is 0 Å². The summed E-state index contributed by atoms with van der Waals surface area (Å²) >= 11 is 3.65. The van der Waals surface area contributed by atoms with Crippen LogP contribution in [-0.4, -0.2) is 24.5 Å². The summed E-state index contributed by atoms with van der Waals surface area (Å²) < 4.78 is 7.28. The molecule has 5 nitrogen and oxygen atoms in total. The molecule has 9 aromatic carbocycles. The van der Waals surface area contributed by atoms with E-state index in [4.69, 9.17) is 19.9 Å². The zero-order valence-electron chi connectivity index (χ0n) is 34.8. The predicted molar refractivity (Wildman–Crippen MR) is 273 cm³/mol. The molecule has 65 heavy (non-hydrogen) atoms. The first-order chi connectivity index (χ1) is 32.2. The number of imidazole rings is 1. The van der Waals surface area contributed by atoms with E-state index < -0.39 is 0 Å². The van der Waals surface area contributed by atoms with Crippen LogP contribution in [0, 0.1) is 0 Å². The van der Waals surface area contributed by atoms with E-state index in [1.165, 1.54) is 57.0 Å². The lowest BCUT2D eigenvalue weighted by atomic mass is 9.99. The topological polar surface area (TPSA) is 56.5 Å². The van der Waals surface area contributed by atoms with Gasteiger partial charge in [-0.3, -0.25) is 4.57 Å². The summed E-state index contributed by atoms with van der Waals surface area (Å²) in [5.74, 6) is 2.89. The molecule has 0 saturated heterocycles. The first kappa shape index (κ1) is 37.5. The average Bonchev–Trinajstić information content (AvgIpc) is 4.08. The molecule has 13 rings (SSSR count). The third kappa shape index (κ3) is 6.51. The molecule has 7 heteroatoms. The highest BCUT2D eigenvalue weighted by atomic mass is 32.1. The van der Waals surface area contributed by atoms with Crippen molar-refractivity contribution in [3.8, 4) is 73.5 Å². The number of hydrogen-bond acceptors (Lipinski definition) is 6. The number of rotatable bonds is 7. The Labute approximate surface area is 382 Å². The van der Waals surface area contributed by atoms with E-state index in [1.54, 1.807) is 11.3 Å². The van der Waals surface area contributed by atoms with Crippen LogP contribution >= 0.6 is 22.7 Å². The Kier molecular flexibility index (Phi) is 8.82. The highest BCUT2D eigenvalue weighted by molar-refractivity contribution is 7.26. The van der Waals surface area contributed by atoms with Gasteiger partial charge >= 0.3 is 0 Å². The van der Waals surface area contributed by atoms with E-state index >= 15 is 0 Å². The van der Waals surface area contributed by atoms with E-state index in [0.29, 0.717) is 17.5 Å². The zero-order valence-corrected chi connectivity index (χ0v) is 36.4. The van der Waals surface area contributed by atoms with Gasteiger partial charge in [0.15, 0.2) is 17.5 Å². The lowest BCUT2D eigenvalue weighted by molar-refractivity contribution is 1.07. The maximum Gasteiger partial charge on any atom is 0.164 e. The lowest BCUT2D eigenvalue weighted by Gasteiger charge is -2.10. The Hall–Kier alpha value is -8.10. The fourth-order valence-corrected chi connectivity index (χ4v) is 11.5. The predicted octanol–water partition coefficient (Wildman–Crippen LogP) is 15.9. The molecule has 0 spiro atoms. The molecule has 4 heterocycles. The van der Waals surface area contributed by atoms with E-state index in [-0.39, 0.29) is 0 Å². The molecule has 0 unspecified atom stereocenters. The van der Waals surface area contributed by atoms with Crippen molar-refractivity contribution in [2.45, 2.75) is 0 Å². The monoisotopic (exact) mass is 865 g/mol. The molecule has 0 aliphatic rings. The third-order valence-corrected chi connectivity index (χ3v) is 14.7. The molecule has 13 aromatic rings. The first-order valence-electron chi connectivity index (χ1n) is 21.6. The first-order valence-corrected chi connectivity index (χ1v) is 23.2. The van der Waals surface area contributed by atoms with Crippen molar-refractivity contribution >= 4 is 74.1 Å². The molecule has 0 saturated carbocycles. The molecule has 0 radical (unpaired) electrons. The van der Waals surface area contributed by atoms with Crippen molar-refractivity contribution in [3.63, 3.8) is 0 Å². The molecule has 0 fully saturated rings. The second kappa shape index (κ2) is 15.3. The van der Waals surface area contributed by atoms with Gasteiger partial charge in [0.2, 0.25) is 0 Å². The molecule has 304 valence electrons. The van der Waals surface area contributed by atoms with Gasteiger partial charge in [-0.05, 0) is 70.8 Å². The van der Waals surface area contributed by atoms with Crippen LogP contribution in [-0.2, 0) is 0 Å². The molecular formula is C58H35N5S2. The molecule has 0 bridgehead atoms. The fraction of sp³-hybridized carbons (Fsp3) is 0. The van der Waals surface area contributed by atoms with Crippen molar-refractivity contribution in [2.75, 3.05) is 0 Å². The van der Waals surface area contributed by atoms with Crippen LogP contribution in [0.15, 0.2) is 212 Å². The van der Waals surface area contributed by atoms with Gasteiger partial charge in [-0.15, -0.1) is 22.7 Å². The van der Waals surface area contributed by atoms with Crippen molar-refractivity contribution in [1.29, 1.82) is 0 Å². The van der Waals surface area contributed by atoms with Gasteiger partial charge in [-0.1, -0.05) is 164 Å². The Morgan fingerprint density at radius 3 is 1.72 bits per heavy atom. The highest BCUT2D eigenvalue weighted by Crippen LogP contribution is 2.42. The number of aromatic nitrogens is 5. The van der Waals surface area contributed by atoms with Crippen LogP contribution in [0.4, 0.5) is 0 Å². The van der Waals surface area contributed by atoms with Crippen LogP contribution in [0.25, 0.3) is 125 Å². The molecule has 0 atom stereocenters. The van der Waals surface area contributed by atoms with Crippen molar-refractivity contribution in [1.82, 2.24) is 24.5 Å². The summed E-state index contributed by atoms with van der Waals surface area (Å²) in [5, 5.41) is 5.04. The number of hydrogen-bond donors (Lipinski definition) is 0. The van der Waals surface area contributed by atoms with E-state index in [1.807, 2.05) is 41.7 Å². The Morgan fingerprint density at radius 1 is 0.323 bits per heavy atom. The minimum Gasteiger partial charge on any atom is -0.292 e. The van der Waals surface area contributed by atoms with Gasteiger partial charge < -0.3 is 0 Å². The highest BCUT2D eigenvalue weighted by Gasteiger charge is 2.18. The van der Waals surface area contributed by atoms with Gasteiger partial charge in [-0.25, -0.2) is 19.9 Å². The van der Waals surface area contributed by atoms with E-state index in [2.05, 4.69) is 187 Å². The second-order valence-corrected chi connectivity index (χ2v) is 18.4. The average molecular weight is 866 g/mol. The summed E-state index contributed by atoms with van der Waals surface area (Å²) in [6.45, 7) is 0. The molecule has 0 N–H and O–H groups in total. The largest absolute Gasteiger partial charge is 0.292 e. The maximum atomic E-state index is 5.10.